The number of phenols is 1. The van der Waals surface area contributed by atoms with Gasteiger partial charge in [0.2, 0.25) is 0 Å². The van der Waals surface area contributed by atoms with Crippen LogP contribution in [-0.2, 0) is 0 Å². The number of nitrogens with zero attached hydrogens (tertiary/aromatic N) is 1. The first-order chi connectivity index (χ1) is 7.79. The van der Waals surface area contributed by atoms with E-state index in [0.717, 1.165) is 6.29 Å². The van der Waals surface area contributed by atoms with Gasteiger partial charge in [-0.3, -0.25) is 4.79 Å². The van der Waals surface area contributed by atoms with Crippen LogP contribution in [0.2, 0.25) is 0 Å². The monoisotopic (exact) mass is 214 g/mol. The predicted molar refractivity (Wildman–Crippen MR) is 61.0 cm³/mol. The Hall–Kier alpha value is -2.36. The lowest BCUT2D eigenvalue weighted by molar-refractivity contribution is 0.112. The van der Waals surface area contributed by atoms with E-state index in [2.05, 4.69) is 10.3 Å². The molecule has 0 spiro atoms. The highest BCUT2D eigenvalue weighted by atomic mass is 16.3. The Bertz CT molecular complexity index is 512. The van der Waals surface area contributed by atoms with E-state index >= 15 is 0 Å². The Morgan fingerprint density at radius 1 is 1.25 bits per heavy atom. The fraction of sp³-hybridized carbons (Fsp3) is 0. The van der Waals surface area contributed by atoms with E-state index in [-0.39, 0.29) is 5.75 Å². The third-order valence-corrected chi connectivity index (χ3v) is 2.09. The van der Waals surface area contributed by atoms with E-state index in [1.807, 2.05) is 0 Å². The summed E-state index contributed by atoms with van der Waals surface area (Å²) < 4.78 is 0. The number of phenolic OH excluding ortho intramolecular Hbond substituents is 1. The third-order valence-electron chi connectivity index (χ3n) is 2.09. The molecular weight excluding hydrogens is 204 g/mol. The number of aromatic hydroxyl groups is 1. The summed E-state index contributed by atoms with van der Waals surface area (Å²) >= 11 is 0. The third kappa shape index (κ3) is 2.17. The summed E-state index contributed by atoms with van der Waals surface area (Å²) in [4.78, 5) is 14.6. The first kappa shape index (κ1) is 10.2. The number of pyridine rings is 1. The maximum absolute atomic E-state index is 10.6. The Morgan fingerprint density at radius 3 is 2.81 bits per heavy atom. The minimum absolute atomic E-state index is 0.140. The van der Waals surface area contributed by atoms with Crippen molar-refractivity contribution in [1.82, 2.24) is 4.98 Å². The molecule has 2 rings (SSSR count). The zero-order chi connectivity index (χ0) is 11.4. The fourth-order valence-corrected chi connectivity index (χ4v) is 1.31. The number of anilines is 2. The molecule has 0 bridgehead atoms. The number of aromatic nitrogens is 1. The molecule has 4 nitrogen and oxygen atoms in total. The lowest BCUT2D eigenvalue weighted by atomic mass is 10.2. The zero-order valence-electron chi connectivity index (χ0n) is 8.42. The van der Waals surface area contributed by atoms with Crippen LogP contribution < -0.4 is 5.32 Å². The number of benzene rings is 1. The maximum Gasteiger partial charge on any atom is 0.150 e. The van der Waals surface area contributed by atoms with Crippen LogP contribution in [0.1, 0.15) is 10.4 Å². The molecule has 0 saturated heterocycles. The molecule has 0 saturated carbocycles. The van der Waals surface area contributed by atoms with Crippen LogP contribution in [0, 0.1) is 0 Å². The van der Waals surface area contributed by atoms with E-state index in [4.69, 9.17) is 0 Å². The van der Waals surface area contributed by atoms with E-state index in [1.54, 1.807) is 36.4 Å². The predicted octanol–water partition coefficient (Wildman–Crippen LogP) is 2.34. The number of carbonyl (C=O) groups is 1. The lowest BCUT2D eigenvalue weighted by Gasteiger charge is -2.07. The number of nitrogens with one attached hydrogen (secondary N) is 1. The molecule has 0 unspecified atom stereocenters. The second kappa shape index (κ2) is 4.44. The van der Waals surface area contributed by atoms with Crippen molar-refractivity contribution in [2.24, 2.45) is 0 Å². The molecule has 4 heteroatoms. The SMILES string of the molecule is O=Cc1ccnc(Nc2ccccc2O)c1. The number of rotatable bonds is 3. The van der Waals surface area contributed by atoms with Gasteiger partial charge in [-0.25, -0.2) is 4.98 Å². The molecule has 1 heterocycles. The van der Waals surface area contributed by atoms with Crippen molar-refractivity contribution in [3.05, 3.63) is 48.2 Å². The largest absolute Gasteiger partial charge is 0.506 e. The van der Waals surface area contributed by atoms with E-state index in [9.17, 15) is 9.90 Å². The molecular formula is C12H10N2O2. The fourth-order valence-electron chi connectivity index (χ4n) is 1.31. The quantitative estimate of drug-likeness (QED) is 0.608. The van der Waals surface area contributed by atoms with E-state index in [0.29, 0.717) is 17.1 Å². The van der Waals surface area contributed by atoms with Crippen molar-refractivity contribution < 1.29 is 9.90 Å². The average molecular weight is 214 g/mol. The van der Waals surface area contributed by atoms with Gasteiger partial charge >= 0.3 is 0 Å². The molecule has 0 aliphatic carbocycles. The summed E-state index contributed by atoms with van der Waals surface area (Å²) in [6, 6.07) is 10.1. The number of aldehydes is 1. The zero-order valence-corrected chi connectivity index (χ0v) is 8.42. The summed E-state index contributed by atoms with van der Waals surface area (Å²) in [5, 5.41) is 12.5. The van der Waals surface area contributed by atoms with Gasteiger partial charge in [-0.05, 0) is 24.3 Å². The molecule has 2 aromatic rings. The molecule has 0 fully saturated rings. The highest BCUT2D eigenvalue weighted by Crippen LogP contribution is 2.24. The lowest BCUT2D eigenvalue weighted by Crippen LogP contribution is -1.94. The smallest absolute Gasteiger partial charge is 0.150 e. The molecule has 1 aromatic heterocycles. The van der Waals surface area contributed by atoms with Crippen LogP contribution in [0.5, 0.6) is 5.75 Å². The van der Waals surface area contributed by atoms with Gasteiger partial charge < -0.3 is 10.4 Å². The molecule has 0 radical (unpaired) electrons. The first-order valence-electron chi connectivity index (χ1n) is 4.76. The Balaban J connectivity index is 2.27. The minimum Gasteiger partial charge on any atom is -0.506 e. The highest BCUT2D eigenvalue weighted by Gasteiger charge is 2.01. The summed E-state index contributed by atoms with van der Waals surface area (Å²) in [6.07, 6.45) is 2.28. The summed E-state index contributed by atoms with van der Waals surface area (Å²) in [5.74, 6) is 0.659. The number of carbonyl (C=O) groups excluding carboxylic acids is 1. The molecule has 0 aliphatic rings. The van der Waals surface area contributed by atoms with Gasteiger partial charge in [0.25, 0.3) is 0 Å². The number of para-hydroxylation sites is 2. The molecule has 80 valence electrons. The Labute approximate surface area is 92.6 Å². The minimum atomic E-state index is 0.140. The van der Waals surface area contributed by atoms with Crippen molar-refractivity contribution in [2.75, 3.05) is 5.32 Å². The Kier molecular flexibility index (Phi) is 2.82. The van der Waals surface area contributed by atoms with Crippen molar-refractivity contribution in [2.45, 2.75) is 0 Å². The second-order valence-electron chi connectivity index (χ2n) is 3.23. The summed E-state index contributed by atoms with van der Waals surface area (Å²) in [6.45, 7) is 0. The van der Waals surface area contributed by atoms with Crippen LogP contribution in [0.25, 0.3) is 0 Å². The molecule has 0 atom stereocenters. The molecule has 2 N–H and O–H groups in total. The second-order valence-corrected chi connectivity index (χ2v) is 3.23. The molecule has 16 heavy (non-hydrogen) atoms. The van der Waals surface area contributed by atoms with Crippen molar-refractivity contribution in [1.29, 1.82) is 0 Å². The Morgan fingerprint density at radius 2 is 2.06 bits per heavy atom. The van der Waals surface area contributed by atoms with Crippen LogP contribution in [0.15, 0.2) is 42.6 Å². The number of hydrogen-bond donors (Lipinski definition) is 2. The first-order valence-corrected chi connectivity index (χ1v) is 4.76. The van der Waals surface area contributed by atoms with E-state index in [1.165, 1.54) is 6.20 Å². The topological polar surface area (TPSA) is 62.2 Å². The van der Waals surface area contributed by atoms with Crippen LogP contribution in [0.3, 0.4) is 0 Å². The van der Waals surface area contributed by atoms with Gasteiger partial charge in [0.1, 0.15) is 17.9 Å². The summed E-state index contributed by atoms with van der Waals surface area (Å²) in [5.41, 5.74) is 1.09. The van der Waals surface area contributed by atoms with Gasteiger partial charge in [-0.1, -0.05) is 12.1 Å². The summed E-state index contributed by atoms with van der Waals surface area (Å²) in [7, 11) is 0. The molecule has 0 aliphatic heterocycles. The van der Waals surface area contributed by atoms with Gasteiger partial charge in [0, 0.05) is 11.8 Å². The van der Waals surface area contributed by atoms with Gasteiger partial charge in [0.15, 0.2) is 0 Å². The van der Waals surface area contributed by atoms with Gasteiger partial charge in [-0.15, -0.1) is 0 Å². The van der Waals surface area contributed by atoms with Crippen molar-refractivity contribution in [3.8, 4) is 5.75 Å². The van der Waals surface area contributed by atoms with Crippen molar-refractivity contribution >= 4 is 17.8 Å². The highest BCUT2D eigenvalue weighted by molar-refractivity contribution is 5.77. The standard InChI is InChI=1S/C12H10N2O2/c15-8-9-5-6-13-12(7-9)14-10-3-1-2-4-11(10)16/h1-8,16H,(H,13,14). The molecule has 0 amide bonds. The van der Waals surface area contributed by atoms with Crippen molar-refractivity contribution in [3.63, 3.8) is 0 Å². The van der Waals surface area contributed by atoms with Crippen LogP contribution >= 0.6 is 0 Å². The molecule has 1 aromatic carbocycles. The van der Waals surface area contributed by atoms with Gasteiger partial charge in [0.05, 0.1) is 5.69 Å². The van der Waals surface area contributed by atoms with E-state index < -0.39 is 0 Å². The average Bonchev–Trinajstić information content (AvgIpc) is 2.32. The maximum atomic E-state index is 10.6. The normalized spacial score (nSPS) is 9.75. The number of hydrogen-bond acceptors (Lipinski definition) is 4. The van der Waals surface area contributed by atoms with Crippen LogP contribution in [0.4, 0.5) is 11.5 Å². The van der Waals surface area contributed by atoms with Crippen LogP contribution in [-0.4, -0.2) is 16.4 Å². The van der Waals surface area contributed by atoms with Gasteiger partial charge in [-0.2, -0.15) is 0 Å².